The van der Waals surface area contributed by atoms with Gasteiger partial charge in [-0.15, -0.1) is 0 Å². The summed E-state index contributed by atoms with van der Waals surface area (Å²) in [6.07, 6.45) is 3.98. The van der Waals surface area contributed by atoms with Gasteiger partial charge >= 0.3 is 5.82 Å². The molecule has 8 nitrogen and oxygen atoms in total. The Kier molecular flexibility index (Phi) is 2.92. The molecule has 1 aliphatic rings. The number of rotatable bonds is 4. The third-order valence-electron chi connectivity index (χ3n) is 2.63. The Bertz CT molecular complexity index is 542. The molecule has 0 atom stereocenters. The molecule has 0 saturated heterocycles. The van der Waals surface area contributed by atoms with E-state index in [0.29, 0.717) is 12.1 Å². The van der Waals surface area contributed by atoms with Gasteiger partial charge in [-0.25, -0.2) is 0 Å². The number of hydrogen-bond donors (Lipinski definition) is 0. The molecule has 2 heterocycles. The van der Waals surface area contributed by atoms with Crippen molar-refractivity contribution in [3.05, 3.63) is 34.3 Å². The van der Waals surface area contributed by atoms with Crippen LogP contribution in [-0.4, -0.2) is 31.2 Å². The number of nitrogens with zero attached hydrogens (tertiary/aromatic N) is 4. The Morgan fingerprint density at radius 2 is 1.94 bits per heavy atom. The van der Waals surface area contributed by atoms with Gasteiger partial charge in [-0.1, -0.05) is 6.92 Å². The number of aromatic nitrogens is 2. The van der Waals surface area contributed by atoms with Crippen LogP contribution in [0.1, 0.15) is 12.6 Å². The van der Waals surface area contributed by atoms with Crippen LogP contribution in [0, 0.1) is 10.1 Å². The lowest BCUT2D eigenvalue weighted by Crippen LogP contribution is -2.32. The first kappa shape index (κ1) is 12.0. The molecule has 8 heteroatoms. The van der Waals surface area contributed by atoms with Gasteiger partial charge < -0.3 is 10.1 Å². The number of hydrogen-bond acceptors (Lipinski definition) is 5. The van der Waals surface area contributed by atoms with Gasteiger partial charge in [0.15, 0.2) is 0 Å². The SMILES string of the molecule is CCc1c([N+](=O)[O-])ncn1CN1C(=O)C=CC1=O. The maximum Gasteiger partial charge on any atom is 0.384 e. The highest BCUT2D eigenvalue weighted by Gasteiger charge is 2.27. The fraction of sp³-hybridized carbons (Fsp3) is 0.300. The van der Waals surface area contributed by atoms with E-state index in [4.69, 9.17) is 0 Å². The molecule has 18 heavy (non-hydrogen) atoms. The molecule has 0 aromatic carbocycles. The Morgan fingerprint density at radius 1 is 1.33 bits per heavy atom. The maximum absolute atomic E-state index is 11.4. The van der Waals surface area contributed by atoms with Gasteiger partial charge in [-0.2, -0.15) is 0 Å². The molecule has 0 bridgehead atoms. The van der Waals surface area contributed by atoms with E-state index in [1.807, 2.05) is 0 Å². The summed E-state index contributed by atoms with van der Waals surface area (Å²) in [6, 6.07) is 0. The molecule has 0 saturated carbocycles. The first-order chi connectivity index (χ1) is 8.54. The fourth-order valence-electron chi connectivity index (χ4n) is 1.76. The molecular weight excluding hydrogens is 240 g/mol. The van der Waals surface area contributed by atoms with Crippen LogP contribution in [0.15, 0.2) is 18.5 Å². The van der Waals surface area contributed by atoms with Crippen LogP contribution in [0.3, 0.4) is 0 Å². The number of amides is 2. The minimum Gasteiger partial charge on any atom is -0.358 e. The van der Waals surface area contributed by atoms with Crippen molar-refractivity contribution < 1.29 is 14.5 Å². The molecule has 0 spiro atoms. The summed E-state index contributed by atoms with van der Waals surface area (Å²) in [4.78, 5) is 37.6. The van der Waals surface area contributed by atoms with Crippen molar-refractivity contribution in [2.45, 2.75) is 20.0 Å². The van der Waals surface area contributed by atoms with Crippen LogP contribution in [0.2, 0.25) is 0 Å². The average Bonchev–Trinajstić information content (AvgIpc) is 2.87. The lowest BCUT2D eigenvalue weighted by atomic mass is 10.3. The van der Waals surface area contributed by atoms with Gasteiger partial charge in [0.2, 0.25) is 6.33 Å². The van der Waals surface area contributed by atoms with Gasteiger partial charge in [0.25, 0.3) is 11.8 Å². The third-order valence-corrected chi connectivity index (χ3v) is 2.63. The van der Waals surface area contributed by atoms with Crippen molar-refractivity contribution in [2.75, 3.05) is 0 Å². The number of imide groups is 1. The van der Waals surface area contributed by atoms with E-state index in [2.05, 4.69) is 4.98 Å². The smallest absolute Gasteiger partial charge is 0.358 e. The summed E-state index contributed by atoms with van der Waals surface area (Å²) < 4.78 is 1.43. The molecule has 2 amide bonds. The molecule has 0 radical (unpaired) electrons. The Morgan fingerprint density at radius 3 is 2.44 bits per heavy atom. The van der Waals surface area contributed by atoms with Gasteiger partial charge in [-0.05, 0) is 16.3 Å². The van der Waals surface area contributed by atoms with Gasteiger partial charge in [0, 0.05) is 12.2 Å². The molecule has 1 aromatic heterocycles. The zero-order valence-electron chi connectivity index (χ0n) is 9.57. The predicted molar refractivity (Wildman–Crippen MR) is 59.3 cm³/mol. The number of carbonyl (C=O) groups excluding carboxylic acids is 2. The van der Waals surface area contributed by atoms with E-state index in [-0.39, 0.29) is 12.5 Å². The average molecular weight is 250 g/mol. The molecule has 0 aliphatic carbocycles. The first-order valence-electron chi connectivity index (χ1n) is 5.26. The first-order valence-corrected chi connectivity index (χ1v) is 5.26. The van der Waals surface area contributed by atoms with Gasteiger partial charge in [0.05, 0.1) is 0 Å². The van der Waals surface area contributed by atoms with E-state index < -0.39 is 16.7 Å². The molecule has 1 aromatic rings. The summed E-state index contributed by atoms with van der Waals surface area (Å²) in [5, 5.41) is 10.7. The normalized spacial score (nSPS) is 14.6. The summed E-state index contributed by atoms with van der Waals surface area (Å²) in [5.74, 6) is -1.11. The highest BCUT2D eigenvalue weighted by Crippen LogP contribution is 2.18. The quantitative estimate of drug-likeness (QED) is 0.433. The molecule has 0 unspecified atom stereocenters. The Labute approximate surface area is 102 Å². The molecule has 1 aliphatic heterocycles. The maximum atomic E-state index is 11.4. The summed E-state index contributed by atoms with van der Waals surface area (Å²) >= 11 is 0. The lowest BCUT2D eigenvalue weighted by Gasteiger charge is -2.14. The second-order valence-corrected chi connectivity index (χ2v) is 3.67. The van der Waals surface area contributed by atoms with Crippen LogP contribution in [0.5, 0.6) is 0 Å². The van der Waals surface area contributed by atoms with Gasteiger partial charge in [0.1, 0.15) is 12.4 Å². The van der Waals surface area contributed by atoms with Crippen LogP contribution >= 0.6 is 0 Å². The second-order valence-electron chi connectivity index (χ2n) is 3.67. The minimum atomic E-state index is -0.582. The van der Waals surface area contributed by atoms with Crippen LogP contribution in [0.4, 0.5) is 5.82 Å². The summed E-state index contributed by atoms with van der Waals surface area (Å²) in [5.41, 5.74) is 0.382. The van der Waals surface area contributed by atoms with Crippen molar-refractivity contribution in [3.8, 4) is 0 Å². The number of nitro groups is 1. The third kappa shape index (κ3) is 1.88. The molecule has 0 fully saturated rings. The van der Waals surface area contributed by atoms with Crippen molar-refractivity contribution in [3.63, 3.8) is 0 Å². The predicted octanol–water partition coefficient (Wildman–Crippen LogP) is 0.236. The topological polar surface area (TPSA) is 98.3 Å². The minimum absolute atomic E-state index is 0.0608. The van der Waals surface area contributed by atoms with Gasteiger partial charge in [-0.3, -0.25) is 19.1 Å². The van der Waals surface area contributed by atoms with Crippen LogP contribution in [0.25, 0.3) is 0 Å². The van der Waals surface area contributed by atoms with Crippen molar-refractivity contribution in [1.82, 2.24) is 14.5 Å². The van der Waals surface area contributed by atoms with Crippen molar-refractivity contribution in [1.29, 1.82) is 0 Å². The van der Waals surface area contributed by atoms with Crippen molar-refractivity contribution in [2.24, 2.45) is 0 Å². The molecule has 94 valence electrons. The van der Waals surface area contributed by atoms with E-state index in [9.17, 15) is 19.7 Å². The molecule has 0 N–H and O–H groups in total. The van der Waals surface area contributed by atoms with Crippen LogP contribution in [-0.2, 0) is 22.7 Å². The number of carbonyl (C=O) groups is 2. The zero-order chi connectivity index (χ0) is 13.3. The lowest BCUT2D eigenvalue weighted by molar-refractivity contribution is -0.390. The van der Waals surface area contributed by atoms with Crippen molar-refractivity contribution >= 4 is 17.6 Å². The summed E-state index contributed by atoms with van der Waals surface area (Å²) in [6.45, 7) is 1.68. The van der Waals surface area contributed by atoms with E-state index in [1.165, 1.54) is 23.0 Å². The monoisotopic (exact) mass is 250 g/mol. The van der Waals surface area contributed by atoms with E-state index in [0.717, 1.165) is 4.90 Å². The standard InChI is InChI=1S/C10H10N4O4/c1-2-7-10(14(17)18)11-5-12(7)6-13-8(15)3-4-9(13)16/h3-5H,2,6H2,1H3. The Hall–Kier alpha value is -2.51. The van der Waals surface area contributed by atoms with E-state index >= 15 is 0 Å². The Balaban J connectivity index is 2.27. The largest absolute Gasteiger partial charge is 0.384 e. The number of imidazole rings is 1. The fourth-order valence-corrected chi connectivity index (χ4v) is 1.76. The highest BCUT2D eigenvalue weighted by molar-refractivity contribution is 6.12. The molecule has 2 rings (SSSR count). The second kappa shape index (κ2) is 4.40. The van der Waals surface area contributed by atoms with Crippen LogP contribution < -0.4 is 0 Å². The molecular formula is C10H10N4O4. The van der Waals surface area contributed by atoms with E-state index in [1.54, 1.807) is 6.92 Å². The highest BCUT2D eigenvalue weighted by atomic mass is 16.6. The summed E-state index contributed by atoms with van der Waals surface area (Å²) in [7, 11) is 0. The zero-order valence-corrected chi connectivity index (χ0v) is 9.57.